The second kappa shape index (κ2) is 60.9. The predicted molar refractivity (Wildman–Crippen MR) is 432 cm³/mol. The van der Waals surface area contributed by atoms with Gasteiger partial charge in [0.25, 0.3) is 0 Å². The summed E-state index contributed by atoms with van der Waals surface area (Å²) < 4.78 is 281. The first-order valence-corrected chi connectivity index (χ1v) is 42.1. The SMILES string of the molecule is C#CCCCCC(=O)NC(CCC(=O)NC(CCC(=O)NC)(CCC(=O)NC)CCC(=O)NCCNC(=O)C(F)(F)F)(CCC(=O)NC(CCC(=O)NCCNC(=O)C(F)(F)F)(CCC(=O)NCCNC(=O)C(F)(F)F)CCC(=O)NCCNC(=O)C(F)(F)F)CCC(=O)OC(CCC(=O)NCCNC(=O)C(F)(F)F)(CCC(=O)NCCNC(=O)C(F)(F)F)CCC(=O)NCCNC(=O)C(F)(F)F. The molecule has 40 nitrogen and oxygen atoms in total. The first-order valence-electron chi connectivity index (χ1n) is 42.1. The van der Waals surface area contributed by atoms with Crippen LogP contribution in [0, 0.1) is 12.3 Å². The average molecular weight is 2040 g/mol. The molecule has 0 fully saturated rings. The Hall–Kier alpha value is -12.5. The Kier molecular flexibility index (Phi) is 55.4. The summed E-state index contributed by atoms with van der Waals surface area (Å²) in [6.07, 6.45) is -53.7. The van der Waals surface area contributed by atoms with Crippen LogP contribution in [0.4, 0.5) is 92.2 Å². The zero-order chi connectivity index (χ0) is 106. The first kappa shape index (κ1) is 125. The second-order valence-electron chi connectivity index (χ2n) is 30.6. The van der Waals surface area contributed by atoms with E-state index in [1.807, 2.05) is 0 Å². The molecule has 1 unspecified atom stereocenters. The summed E-state index contributed by atoms with van der Waals surface area (Å²) in [6.45, 7) is -11.7. The van der Waals surface area contributed by atoms with Gasteiger partial charge < -0.3 is 106 Å². The molecule has 0 aliphatic rings. The van der Waals surface area contributed by atoms with Crippen LogP contribution in [-0.2, 0) is 101 Å². The Balaban J connectivity index is 9.49. The van der Waals surface area contributed by atoms with Gasteiger partial charge in [0.05, 0.1) is 0 Å². The predicted octanol–water partition coefficient (Wildman–Crippen LogP) is 0.444. The molecular weight excluding hydrogens is 1930 g/mol. The van der Waals surface area contributed by atoms with E-state index in [-0.39, 0.29) is 19.3 Å². The Morgan fingerprint density at radius 3 is 0.572 bits per heavy atom. The minimum Gasteiger partial charge on any atom is -0.459 e. The molecule has 0 aromatic rings. The zero-order valence-electron chi connectivity index (χ0n) is 74.3. The van der Waals surface area contributed by atoms with Crippen LogP contribution in [0.5, 0.6) is 0 Å². The van der Waals surface area contributed by atoms with Crippen molar-refractivity contribution in [3.05, 3.63) is 0 Å². The number of hydrogen-bond acceptors (Lipinski definition) is 21. The van der Waals surface area contributed by atoms with Gasteiger partial charge in [0.1, 0.15) is 5.60 Å². The number of rotatable bonds is 65. The molecule has 61 heteroatoms. The molecule has 138 heavy (non-hydrogen) atoms. The summed E-state index contributed by atoms with van der Waals surface area (Å²) in [7, 11) is 2.34. The second-order valence-corrected chi connectivity index (χ2v) is 30.6. The van der Waals surface area contributed by atoms with Gasteiger partial charge in [0.2, 0.25) is 70.9 Å². The molecule has 0 aliphatic carbocycles. The van der Waals surface area contributed by atoms with Crippen molar-refractivity contribution in [2.75, 3.05) is 106 Å². The van der Waals surface area contributed by atoms with E-state index in [1.54, 1.807) is 0 Å². The third-order valence-electron chi connectivity index (χ3n) is 19.9. The molecule has 0 rings (SSSR count). The summed E-state index contributed by atoms with van der Waals surface area (Å²) in [5.74, 6) is -29.6. The summed E-state index contributed by atoms with van der Waals surface area (Å²) in [4.78, 5) is 263. The van der Waals surface area contributed by atoms with Gasteiger partial charge in [-0.05, 0) is 89.9 Å². The number of alkyl halides is 21. The topological polar surface area (TPSA) is 579 Å². The molecule has 0 radical (unpaired) electrons. The summed E-state index contributed by atoms with van der Waals surface area (Å²) in [5.41, 5.74) is -9.09. The highest BCUT2D eigenvalue weighted by atomic mass is 19.4. The van der Waals surface area contributed by atoms with Crippen molar-refractivity contribution in [3.8, 4) is 12.3 Å². The van der Waals surface area contributed by atoms with Crippen molar-refractivity contribution in [3.63, 3.8) is 0 Å². The number of unbranched alkanes of at least 4 members (excludes halogenated alkanes) is 2. The number of nitrogens with one attached hydrogen (secondary N) is 19. The molecule has 0 aromatic heterocycles. The molecule has 786 valence electrons. The van der Waals surface area contributed by atoms with Crippen LogP contribution in [0.1, 0.15) is 180 Å². The Morgan fingerprint density at radius 2 is 0.384 bits per heavy atom. The lowest BCUT2D eigenvalue weighted by Gasteiger charge is -2.39. The molecular formula is C77H110F21N19O21. The van der Waals surface area contributed by atoms with Crippen LogP contribution < -0.4 is 101 Å². The van der Waals surface area contributed by atoms with Gasteiger partial charge >= 0.3 is 90.6 Å². The number of carbonyl (C=O) groups is 20. The molecule has 0 aromatic carbocycles. The van der Waals surface area contributed by atoms with E-state index in [0.29, 0.717) is 0 Å². The van der Waals surface area contributed by atoms with E-state index < -0.39 is 436 Å². The number of terminal acetylenes is 1. The minimum atomic E-state index is -5.45. The van der Waals surface area contributed by atoms with Crippen molar-refractivity contribution in [1.82, 2.24) is 101 Å². The lowest BCUT2D eigenvalue weighted by Crippen LogP contribution is -2.54. The normalized spacial score (nSPS) is 12.4. The molecule has 0 heterocycles. The molecule has 0 aliphatic heterocycles. The third kappa shape index (κ3) is 56.9. The van der Waals surface area contributed by atoms with Crippen LogP contribution in [0.2, 0.25) is 0 Å². The molecule has 1 atom stereocenters. The average Bonchev–Trinajstić information content (AvgIpc) is 0.820. The summed E-state index contributed by atoms with van der Waals surface area (Å²) in [5, 5.41) is 37.7. The smallest absolute Gasteiger partial charge is 0.459 e. The van der Waals surface area contributed by atoms with Gasteiger partial charge in [0.15, 0.2) is 0 Å². The Morgan fingerprint density at radius 1 is 0.217 bits per heavy atom. The fourth-order valence-electron chi connectivity index (χ4n) is 12.5. The van der Waals surface area contributed by atoms with Gasteiger partial charge in [0, 0.05) is 212 Å². The fraction of sp³-hybridized carbons (Fsp3) is 0.714. The van der Waals surface area contributed by atoms with Gasteiger partial charge in [-0.15, -0.1) is 12.3 Å². The van der Waals surface area contributed by atoms with Crippen LogP contribution in [0.25, 0.3) is 0 Å². The van der Waals surface area contributed by atoms with E-state index >= 15 is 14.4 Å². The van der Waals surface area contributed by atoms with Gasteiger partial charge in [-0.1, -0.05) is 0 Å². The number of carbonyl (C=O) groups excluding carboxylic acids is 20. The maximum Gasteiger partial charge on any atom is 0.471 e. The van der Waals surface area contributed by atoms with Gasteiger partial charge in [-0.3, -0.25) is 95.9 Å². The van der Waals surface area contributed by atoms with E-state index in [1.165, 1.54) is 51.3 Å². The molecule has 0 spiro atoms. The lowest BCUT2D eigenvalue weighted by molar-refractivity contribution is -0.173. The van der Waals surface area contributed by atoms with Crippen LogP contribution in [-0.4, -0.2) is 289 Å². The molecule has 19 N–H and O–H groups in total. The lowest BCUT2D eigenvalue weighted by atomic mass is 9.80. The minimum absolute atomic E-state index is 0.00542. The quantitative estimate of drug-likeness (QED) is 0.0170. The fourth-order valence-corrected chi connectivity index (χ4v) is 12.5. The number of esters is 1. The van der Waals surface area contributed by atoms with Gasteiger partial charge in [-0.2, -0.15) is 92.2 Å². The molecule has 0 saturated heterocycles. The molecule has 0 bridgehead atoms. The third-order valence-corrected chi connectivity index (χ3v) is 19.9. The van der Waals surface area contributed by atoms with Crippen molar-refractivity contribution in [1.29, 1.82) is 0 Å². The van der Waals surface area contributed by atoms with Crippen LogP contribution in [0.15, 0.2) is 0 Å². The van der Waals surface area contributed by atoms with Gasteiger partial charge in [-0.25, -0.2) is 0 Å². The van der Waals surface area contributed by atoms with E-state index in [9.17, 15) is 174 Å². The summed E-state index contributed by atoms with van der Waals surface area (Å²) >= 11 is 0. The molecule has 19 amide bonds. The van der Waals surface area contributed by atoms with Crippen molar-refractivity contribution in [2.24, 2.45) is 0 Å². The van der Waals surface area contributed by atoms with E-state index in [4.69, 9.17) is 11.2 Å². The molecule has 0 saturated carbocycles. The number of halogens is 21. The highest BCUT2D eigenvalue weighted by Crippen LogP contribution is 2.36. The maximum atomic E-state index is 15.3. The largest absolute Gasteiger partial charge is 0.471 e. The van der Waals surface area contributed by atoms with Crippen LogP contribution in [0.3, 0.4) is 0 Å². The highest BCUT2D eigenvalue weighted by molar-refractivity contribution is 5.87. The monoisotopic (exact) mass is 2040 g/mol. The van der Waals surface area contributed by atoms with Crippen molar-refractivity contribution in [2.45, 2.75) is 245 Å². The Bertz CT molecular complexity index is 3690. The Labute approximate surface area is 773 Å². The number of amides is 19. The highest BCUT2D eigenvalue weighted by Gasteiger charge is 2.47. The first-order chi connectivity index (χ1) is 63.8. The van der Waals surface area contributed by atoms with Crippen LogP contribution >= 0.6 is 0 Å². The number of hydrogen-bond donors (Lipinski definition) is 19. The zero-order valence-corrected chi connectivity index (χ0v) is 74.3. The summed E-state index contributed by atoms with van der Waals surface area (Å²) in [6, 6.07) is 0. The maximum absolute atomic E-state index is 15.3. The standard InChI is InChI=1S/C77H110F21N19O21/c1-4-5-6-7-8-56(127)115-69(27-15-57(128)116-67(21-9-47(118)99-2,22-10-48(119)100-3)23-11-49(120)101-33-40-108-60(131)71(78,79)80,28-16-58(129)117-68(24-12-50(121)102-34-41-109-61(132)72(81,82)83,25-13-51(122)103-35-42-110-62(133)73(84,85)86)26-14-52(123)104-36-43-111-63(134)74(87,88)89)29-20-59(130)138-70(30-17-53(124)105-37-44-112-64(135)75(90,91)92,31-18-54(125)106-38-45-113-65(136)76(93,94)95)32-19-55(126)107-39-46-114-66(137)77(96,97)98/h1H,5-46H2,2-3H3,(H,99,118)(H,100,119)(H,101,120)(H,102,121)(H,103,122)(H,104,123)(H,105,124)(H,106,125)(H,107,126)(H,108,131)(H,109,132)(H,110,133)(H,111,134)(H,112,135)(H,113,136)(H,114,137)(H,115,127)(H,116,128)(H,117,129). The van der Waals surface area contributed by atoms with E-state index in [2.05, 4.69) is 69.7 Å². The van der Waals surface area contributed by atoms with E-state index in [0.717, 1.165) is 0 Å². The number of ether oxygens (including phenoxy) is 1. The van der Waals surface area contributed by atoms with Crippen molar-refractivity contribution >= 4 is 118 Å². The van der Waals surface area contributed by atoms with Crippen molar-refractivity contribution < 1.29 is 193 Å².